The average Bonchev–Trinajstić information content (AvgIpc) is 2.88. The van der Waals surface area contributed by atoms with Crippen LogP contribution < -0.4 is 11.1 Å². The molecule has 172 valence electrons. The highest BCUT2D eigenvalue weighted by Gasteiger charge is 2.19. The Morgan fingerprint density at radius 1 is 1.06 bits per heavy atom. The molecule has 2 heterocycles. The molecule has 0 aliphatic carbocycles. The smallest absolute Gasteiger partial charge is 0.259 e. The molecule has 0 spiro atoms. The van der Waals surface area contributed by atoms with E-state index in [0.29, 0.717) is 22.0 Å². The monoisotopic (exact) mass is 471 g/mol. The summed E-state index contributed by atoms with van der Waals surface area (Å²) in [5, 5.41) is 12.8. The normalized spacial score (nSPS) is 13.2. The number of thioether (sulfide) groups is 1. The van der Waals surface area contributed by atoms with Gasteiger partial charge in [0.05, 0.1) is 11.1 Å². The van der Waals surface area contributed by atoms with Gasteiger partial charge in [0.15, 0.2) is 0 Å². The number of hydrogen-bond acceptors (Lipinski definition) is 6. The maximum absolute atomic E-state index is 12.8. The minimum Gasteiger partial charge on any atom is -0.383 e. The average molecular weight is 472 g/mol. The number of likely N-dealkylation sites (tertiary alicyclic amines) is 1. The van der Waals surface area contributed by atoms with Gasteiger partial charge in [0.1, 0.15) is 16.9 Å². The van der Waals surface area contributed by atoms with E-state index in [9.17, 15) is 14.9 Å². The van der Waals surface area contributed by atoms with Crippen molar-refractivity contribution in [3.8, 4) is 6.07 Å². The lowest BCUT2D eigenvalue weighted by Gasteiger charge is -2.26. The molecule has 3 aromatic rings. The number of nitrogens with zero attached hydrogens (tertiary/aromatic N) is 3. The molecule has 1 aromatic heterocycles. The number of aromatic nitrogens is 1. The molecule has 8 heteroatoms. The first-order valence-electron chi connectivity index (χ1n) is 11.1. The van der Waals surface area contributed by atoms with E-state index in [4.69, 9.17) is 5.73 Å². The first-order valence-corrected chi connectivity index (χ1v) is 12.1. The molecule has 1 aliphatic heterocycles. The lowest BCUT2D eigenvalue weighted by molar-refractivity contribution is 0.0724. The summed E-state index contributed by atoms with van der Waals surface area (Å²) in [6.07, 6.45) is 3.26. The number of pyridine rings is 1. The maximum atomic E-state index is 12.8. The van der Waals surface area contributed by atoms with Crippen molar-refractivity contribution in [3.05, 3.63) is 82.9 Å². The topological polar surface area (TPSA) is 112 Å². The second kappa shape index (κ2) is 10.9. The molecule has 0 atom stereocenters. The van der Waals surface area contributed by atoms with Gasteiger partial charge in [0.25, 0.3) is 11.8 Å². The third kappa shape index (κ3) is 5.56. The van der Waals surface area contributed by atoms with E-state index in [0.717, 1.165) is 31.5 Å². The van der Waals surface area contributed by atoms with Crippen LogP contribution in [0.4, 0.5) is 11.5 Å². The summed E-state index contributed by atoms with van der Waals surface area (Å²) in [4.78, 5) is 31.7. The second-order valence-electron chi connectivity index (χ2n) is 8.05. The molecule has 34 heavy (non-hydrogen) atoms. The predicted octanol–water partition coefficient (Wildman–Crippen LogP) is 4.71. The number of benzene rings is 2. The second-order valence-corrected chi connectivity index (χ2v) is 9.01. The molecule has 0 saturated carbocycles. The first-order chi connectivity index (χ1) is 16.5. The number of hydrogen-bond donors (Lipinski definition) is 2. The molecule has 3 N–H and O–H groups in total. The molecule has 2 amide bonds. The van der Waals surface area contributed by atoms with Crippen LogP contribution in [0.5, 0.6) is 0 Å². The lowest BCUT2D eigenvalue weighted by Crippen LogP contribution is -2.35. The molecular weight excluding hydrogens is 446 g/mol. The molecule has 1 saturated heterocycles. The Labute approximate surface area is 203 Å². The number of para-hydroxylation sites is 1. The van der Waals surface area contributed by atoms with E-state index in [1.54, 1.807) is 12.1 Å². The summed E-state index contributed by atoms with van der Waals surface area (Å²) in [7, 11) is 0. The maximum Gasteiger partial charge on any atom is 0.259 e. The largest absolute Gasteiger partial charge is 0.383 e. The SMILES string of the molecule is N#Cc1cc(C(=O)Nc2ccccc2)c(N)nc1SCc1cccc(C(=O)N2CCCCC2)c1. The van der Waals surface area contributed by atoms with Gasteiger partial charge in [0.2, 0.25) is 0 Å². The van der Waals surface area contributed by atoms with Gasteiger partial charge in [0, 0.05) is 30.1 Å². The number of nitrogens with two attached hydrogens (primary N) is 1. The first kappa shape index (κ1) is 23.3. The highest BCUT2D eigenvalue weighted by Crippen LogP contribution is 2.28. The molecular formula is C26H25N5O2S. The summed E-state index contributed by atoms with van der Waals surface area (Å²) in [6, 6.07) is 20.1. The highest BCUT2D eigenvalue weighted by atomic mass is 32.2. The lowest BCUT2D eigenvalue weighted by atomic mass is 10.1. The minimum absolute atomic E-state index is 0.0559. The Kier molecular flexibility index (Phi) is 7.45. The van der Waals surface area contributed by atoms with Crippen molar-refractivity contribution in [2.24, 2.45) is 0 Å². The van der Waals surface area contributed by atoms with Crippen molar-refractivity contribution in [2.75, 3.05) is 24.1 Å². The van der Waals surface area contributed by atoms with Crippen LogP contribution >= 0.6 is 11.8 Å². The Hall–Kier alpha value is -3.83. The minimum atomic E-state index is -0.423. The van der Waals surface area contributed by atoms with Crippen LogP contribution in [-0.2, 0) is 5.75 Å². The van der Waals surface area contributed by atoms with Crippen LogP contribution in [0.3, 0.4) is 0 Å². The fourth-order valence-electron chi connectivity index (χ4n) is 3.83. The zero-order chi connectivity index (χ0) is 23.9. The van der Waals surface area contributed by atoms with Gasteiger partial charge in [-0.25, -0.2) is 4.98 Å². The number of carbonyl (C=O) groups is 2. The molecule has 1 fully saturated rings. The molecule has 0 bridgehead atoms. The van der Waals surface area contributed by atoms with Crippen LogP contribution in [-0.4, -0.2) is 34.8 Å². The number of rotatable bonds is 6. The number of anilines is 2. The van der Waals surface area contributed by atoms with Crippen molar-refractivity contribution in [1.82, 2.24) is 9.88 Å². The van der Waals surface area contributed by atoms with E-state index in [2.05, 4.69) is 16.4 Å². The Bertz CT molecular complexity index is 1230. The number of nitrogen functional groups attached to an aromatic ring is 1. The third-order valence-corrected chi connectivity index (χ3v) is 6.67. The van der Waals surface area contributed by atoms with Crippen molar-refractivity contribution in [2.45, 2.75) is 30.0 Å². The van der Waals surface area contributed by atoms with E-state index in [1.807, 2.05) is 47.4 Å². The van der Waals surface area contributed by atoms with Gasteiger partial charge in [-0.1, -0.05) is 30.3 Å². The fourth-order valence-corrected chi connectivity index (χ4v) is 4.73. The Morgan fingerprint density at radius 2 is 1.82 bits per heavy atom. The molecule has 7 nitrogen and oxygen atoms in total. The van der Waals surface area contributed by atoms with E-state index < -0.39 is 5.91 Å². The van der Waals surface area contributed by atoms with Crippen LogP contribution in [0.15, 0.2) is 65.7 Å². The van der Waals surface area contributed by atoms with E-state index >= 15 is 0 Å². The number of nitriles is 1. The van der Waals surface area contributed by atoms with Crippen molar-refractivity contribution in [3.63, 3.8) is 0 Å². The molecule has 0 radical (unpaired) electrons. The standard InChI is InChI=1S/C26H25N5O2S/c27-16-20-15-22(24(32)29-21-10-3-1-4-11-21)23(28)30-25(20)34-17-18-8-7-9-19(14-18)26(33)31-12-5-2-6-13-31/h1,3-4,7-11,14-15H,2,5-6,12-13,17H2,(H2,28,30)(H,29,32). The molecule has 0 unspecified atom stereocenters. The van der Waals surface area contributed by atoms with Gasteiger partial charge in [-0.15, -0.1) is 11.8 Å². The zero-order valence-electron chi connectivity index (χ0n) is 18.7. The summed E-state index contributed by atoms with van der Waals surface area (Å²) >= 11 is 1.35. The number of nitrogens with one attached hydrogen (secondary N) is 1. The van der Waals surface area contributed by atoms with Crippen LogP contribution in [0, 0.1) is 11.3 Å². The van der Waals surface area contributed by atoms with E-state index in [-0.39, 0.29) is 22.9 Å². The highest BCUT2D eigenvalue weighted by molar-refractivity contribution is 7.98. The third-order valence-electron chi connectivity index (χ3n) is 5.61. The Balaban J connectivity index is 1.47. The van der Waals surface area contributed by atoms with Crippen LogP contribution in [0.1, 0.15) is 51.1 Å². The quantitative estimate of drug-likeness (QED) is 0.504. The predicted molar refractivity (Wildman–Crippen MR) is 134 cm³/mol. The van der Waals surface area contributed by atoms with Gasteiger partial charge >= 0.3 is 0 Å². The molecule has 4 rings (SSSR count). The van der Waals surface area contributed by atoms with Crippen molar-refractivity contribution >= 4 is 35.1 Å². The van der Waals surface area contributed by atoms with Crippen molar-refractivity contribution in [1.29, 1.82) is 5.26 Å². The van der Waals surface area contributed by atoms with Gasteiger partial charge in [-0.05, 0) is 55.2 Å². The van der Waals surface area contributed by atoms with Gasteiger partial charge < -0.3 is 16.0 Å². The number of carbonyl (C=O) groups excluding carboxylic acids is 2. The van der Waals surface area contributed by atoms with Crippen LogP contribution in [0.2, 0.25) is 0 Å². The van der Waals surface area contributed by atoms with Crippen LogP contribution in [0.25, 0.3) is 0 Å². The van der Waals surface area contributed by atoms with Gasteiger partial charge in [-0.2, -0.15) is 5.26 Å². The summed E-state index contributed by atoms with van der Waals surface area (Å²) in [5.41, 5.74) is 8.74. The number of amides is 2. The molecule has 1 aliphatic rings. The number of piperidine rings is 1. The fraction of sp³-hybridized carbons (Fsp3) is 0.231. The van der Waals surface area contributed by atoms with Gasteiger partial charge in [-0.3, -0.25) is 9.59 Å². The molecule has 2 aromatic carbocycles. The summed E-state index contributed by atoms with van der Waals surface area (Å²) in [5.74, 6) is 0.204. The zero-order valence-corrected chi connectivity index (χ0v) is 19.5. The Morgan fingerprint density at radius 3 is 2.56 bits per heavy atom. The van der Waals surface area contributed by atoms with Crippen molar-refractivity contribution < 1.29 is 9.59 Å². The summed E-state index contributed by atoms with van der Waals surface area (Å²) < 4.78 is 0. The van der Waals surface area contributed by atoms with E-state index in [1.165, 1.54) is 24.2 Å². The summed E-state index contributed by atoms with van der Waals surface area (Å²) in [6.45, 7) is 1.60.